The summed E-state index contributed by atoms with van der Waals surface area (Å²) < 4.78 is 11.0. The number of nitrogens with one attached hydrogen (secondary N) is 2. The molecule has 1 saturated heterocycles. The van der Waals surface area contributed by atoms with Gasteiger partial charge in [-0.1, -0.05) is 18.2 Å². The summed E-state index contributed by atoms with van der Waals surface area (Å²) in [6.45, 7) is 5.06. The Balaban J connectivity index is 1.39. The normalized spacial score (nSPS) is 18.7. The first-order chi connectivity index (χ1) is 14.1. The SMILES string of the molecule is Cc1nc(N2CCOCC2)[nH]c(=O)c1CCC(=O)N[C@@H]1CCOc2ccccc21. The van der Waals surface area contributed by atoms with Crippen LogP contribution < -0.4 is 20.5 Å². The van der Waals surface area contributed by atoms with Gasteiger partial charge >= 0.3 is 0 Å². The zero-order valence-corrected chi connectivity index (χ0v) is 16.6. The Morgan fingerprint density at radius 2 is 2.07 bits per heavy atom. The van der Waals surface area contributed by atoms with E-state index in [1.165, 1.54) is 0 Å². The van der Waals surface area contributed by atoms with Crippen molar-refractivity contribution in [2.45, 2.75) is 32.2 Å². The molecule has 1 amide bonds. The molecule has 3 heterocycles. The van der Waals surface area contributed by atoms with E-state index in [0.29, 0.717) is 56.5 Å². The highest BCUT2D eigenvalue weighted by Gasteiger charge is 2.23. The van der Waals surface area contributed by atoms with Crippen molar-refractivity contribution in [2.75, 3.05) is 37.8 Å². The largest absolute Gasteiger partial charge is 0.493 e. The van der Waals surface area contributed by atoms with E-state index in [0.717, 1.165) is 17.7 Å². The van der Waals surface area contributed by atoms with Gasteiger partial charge in [-0.3, -0.25) is 14.6 Å². The second-order valence-electron chi connectivity index (χ2n) is 7.35. The number of aromatic amines is 1. The fourth-order valence-corrected chi connectivity index (χ4v) is 3.81. The molecule has 2 N–H and O–H groups in total. The third-order valence-electron chi connectivity index (χ3n) is 5.42. The van der Waals surface area contributed by atoms with Gasteiger partial charge in [0.2, 0.25) is 11.9 Å². The van der Waals surface area contributed by atoms with Gasteiger partial charge < -0.3 is 19.7 Å². The average molecular weight is 398 g/mol. The molecule has 4 rings (SSSR count). The van der Waals surface area contributed by atoms with Gasteiger partial charge in [-0.15, -0.1) is 0 Å². The molecule has 2 aromatic rings. The Morgan fingerprint density at radius 1 is 1.28 bits per heavy atom. The summed E-state index contributed by atoms with van der Waals surface area (Å²) in [5, 5.41) is 3.07. The quantitative estimate of drug-likeness (QED) is 0.792. The average Bonchev–Trinajstić information content (AvgIpc) is 2.74. The lowest BCUT2D eigenvalue weighted by Gasteiger charge is -2.27. The molecule has 0 saturated carbocycles. The molecule has 1 aromatic carbocycles. The fourth-order valence-electron chi connectivity index (χ4n) is 3.81. The monoisotopic (exact) mass is 398 g/mol. The van der Waals surface area contributed by atoms with Crippen LogP contribution >= 0.6 is 0 Å². The first kappa shape index (κ1) is 19.4. The van der Waals surface area contributed by atoms with Crippen molar-refractivity contribution in [1.82, 2.24) is 15.3 Å². The van der Waals surface area contributed by atoms with E-state index in [9.17, 15) is 9.59 Å². The van der Waals surface area contributed by atoms with Crippen LogP contribution in [0.25, 0.3) is 0 Å². The first-order valence-electron chi connectivity index (χ1n) is 10.1. The number of para-hydroxylation sites is 1. The third-order valence-corrected chi connectivity index (χ3v) is 5.42. The van der Waals surface area contributed by atoms with Crippen molar-refractivity contribution in [1.29, 1.82) is 0 Å². The van der Waals surface area contributed by atoms with Gasteiger partial charge in [0.05, 0.1) is 25.9 Å². The van der Waals surface area contributed by atoms with Crippen LogP contribution in [0, 0.1) is 6.92 Å². The highest BCUT2D eigenvalue weighted by Crippen LogP contribution is 2.31. The van der Waals surface area contributed by atoms with Crippen LogP contribution in [-0.4, -0.2) is 48.8 Å². The smallest absolute Gasteiger partial charge is 0.255 e. The molecule has 0 unspecified atom stereocenters. The summed E-state index contributed by atoms with van der Waals surface area (Å²) in [4.78, 5) is 34.5. The topological polar surface area (TPSA) is 96.6 Å². The number of aryl methyl sites for hydroxylation is 1. The van der Waals surface area contributed by atoms with Gasteiger partial charge in [0, 0.05) is 42.8 Å². The summed E-state index contributed by atoms with van der Waals surface area (Å²) >= 11 is 0. The van der Waals surface area contributed by atoms with Crippen LogP contribution in [0.3, 0.4) is 0 Å². The highest BCUT2D eigenvalue weighted by atomic mass is 16.5. The maximum absolute atomic E-state index is 12.6. The maximum atomic E-state index is 12.6. The van der Waals surface area contributed by atoms with Crippen molar-refractivity contribution in [3.05, 3.63) is 51.4 Å². The van der Waals surface area contributed by atoms with Gasteiger partial charge in [0.25, 0.3) is 5.56 Å². The Kier molecular flexibility index (Phi) is 5.80. The molecule has 1 aromatic heterocycles. The molecule has 154 valence electrons. The number of rotatable bonds is 5. The third kappa shape index (κ3) is 4.42. The second kappa shape index (κ2) is 8.65. The van der Waals surface area contributed by atoms with E-state index < -0.39 is 0 Å². The van der Waals surface area contributed by atoms with E-state index in [2.05, 4.69) is 15.3 Å². The summed E-state index contributed by atoms with van der Waals surface area (Å²) in [5.74, 6) is 1.31. The number of aromatic nitrogens is 2. The van der Waals surface area contributed by atoms with Gasteiger partial charge in [-0.05, 0) is 19.4 Å². The van der Waals surface area contributed by atoms with E-state index in [4.69, 9.17) is 9.47 Å². The number of fused-ring (bicyclic) bond motifs is 1. The van der Waals surface area contributed by atoms with Crippen LogP contribution in [0.1, 0.15) is 35.7 Å². The van der Waals surface area contributed by atoms with Crippen LogP contribution in [-0.2, 0) is 16.0 Å². The molecule has 8 heteroatoms. The molecule has 0 spiro atoms. The van der Waals surface area contributed by atoms with Gasteiger partial charge in [-0.25, -0.2) is 4.98 Å². The van der Waals surface area contributed by atoms with E-state index >= 15 is 0 Å². The Hall–Kier alpha value is -2.87. The number of nitrogens with zero attached hydrogens (tertiary/aromatic N) is 2. The fraction of sp³-hybridized carbons (Fsp3) is 0.476. The zero-order chi connectivity index (χ0) is 20.2. The van der Waals surface area contributed by atoms with Crippen molar-refractivity contribution in [2.24, 2.45) is 0 Å². The predicted octanol–water partition coefficient (Wildman–Crippen LogP) is 1.49. The van der Waals surface area contributed by atoms with E-state index in [1.807, 2.05) is 36.1 Å². The lowest BCUT2D eigenvalue weighted by molar-refractivity contribution is -0.122. The molecule has 8 nitrogen and oxygen atoms in total. The summed E-state index contributed by atoms with van der Waals surface area (Å²) in [6.07, 6.45) is 1.33. The summed E-state index contributed by atoms with van der Waals surface area (Å²) in [5.41, 5.74) is 2.05. The number of morpholine rings is 1. The molecule has 1 atom stereocenters. The second-order valence-corrected chi connectivity index (χ2v) is 7.35. The van der Waals surface area contributed by atoms with Gasteiger partial charge in [0.1, 0.15) is 5.75 Å². The van der Waals surface area contributed by atoms with Crippen molar-refractivity contribution >= 4 is 11.9 Å². The molecule has 1 fully saturated rings. The number of H-pyrrole nitrogens is 1. The zero-order valence-electron chi connectivity index (χ0n) is 16.6. The standard InChI is InChI=1S/C21H26N4O4/c1-14-15(20(27)24-21(22-14)25-9-12-28-13-10-25)6-7-19(26)23-17-8-11-29-18-5-3-2-4-16(17)18/h2-5,17H,6-13H2,1H3,(H,23,26)(H,22,24,27)/t17-/m1/s1. The van der Waals surface area contributed by atoms with Crippen molar-refractivity contribution in [3.8, 4) is 5.75 Å². The molecule has 0 aliphatic carbocycles. The van der Waals surface area contributed by atoms with Crippen molar-refractivity contribution in [3.63, 3.8) is 0 Å². The number of carbonyl (C=O) groups excluding carboxylic acids is 1. The summed E-state index contributed by atoms with van der Waals surface area (Å²) in [6, 6.07) is 7.69. The molecular formula is C21H26N4O4. The van der Waals surface area contributed by atoms with Crippen LogP contribution in [0.15, 0.2) is 29.1 Å². The number of benzene rings is 1. The number of hydrogen-bond acceptors (Lipinski definition) is 6. The maximum Gasteiger partial charge on any atom is 0.255 e. The highest BCUT2D eigenvalue weighted by molar-refractivity contribution is 5.77. The Morgan fingerprint density at radius 3 is 2.86 bits per heavy atom. The number of hydrogen-bond donors (Lipinski definition) is 2. The Bertz CT molecular complexity index is 937. The number of amides is 1. The minimum Gasteiger partial charge on any atom is -0.493 e. The Labute approximate surface area is 169 Å². The number of anilines is 1. The van der Waals surface area contributed by atoms with Crippen LogP contribution in [0.5, 0.6) is 5.75 Å². The minimum absolute atomic E-state index is 0.0614. The molecule has 2 aliphatic rings. The van der Waals surface area contributed by atoms with Crippen LogP contribution in [0.2, 0.25) is 0 Å². The molecule has 2 aliphatic heterocycles. The van der Waals surface area contributed by atoms with Crippen molar-refractivity contribution < 1.29 is 14.3 Å². The lowest BCUT2D eigenvalue weighted by Crippen LogP contribution is -2.38. The van der Waals surface area contributed by atoms with Gasteiger partial charge in [0.15, 0.2) is 0 Å². The van der Waals surface area contributed by atoms with E-state index in [1.54, 1.807) is 0 Å². The van der Waals surface area contributed by atoms with E-state index in [-0.39, 0.29) is 23.9 Å². The molecule has 0 radical (unpaired) electrons. The first-order valence-corrected chi connectivity index (χ1v) is 10.1. The lowest BCUT2D eigenvalue weighted by atomic mass is 10.00. The molecular weight excluding hydrogens is 372 g/mol. The summed E-state index contributed by atoms with van der Waals surface area (Å²) in [7, 11) is 0. The molecule has 29 heavy (non-hydrogen) atoms. The van der Waals surface area contributed by atoms with Crippen LogP contribution in [0.4, 0.5) is 5.95 Å². The molecule has 0 bridgehead atoms. The predicted molar refractivity (Wildman–Crippen MR) is 108 cm³/mol. The minimum atomic E-state index is -0.178. The number of ether oxygens (including phenoxy) is 2. The number of carbonyl (C=O) groups is 1. The van der Waals surface area contributed by atoms with Gasteiger partial charge in [-0.2, -0.15) is 0 Å².